The summed E-state index contributed by atoms with van der Waals surface area (Å²) in [4.78, 5) is 12.1. The highest BCUT2D eigenvalue weighted by Gasteiger charge is 2.12. The summed E-state index contributed by atoms with van der Waals surface area (Å²) in [5.41, 5.74) is 1.68. The first-order chi connectivity index (χ1) is 8.99. The van der Waals surface area contributed by atoms with Crippen molar-refractivity contribution in [3.05, 3.63) is 57.0 Å². The van der Waals surface area contributed by atoms with Gasteiger partial charge in [0.15, 0.2) is 0 Å². The zero-order valence-corrected chi connectivity index (χ0v) is 12.4. The predicted molar refractivity (Wildman–Crippen MR) is 79.9 cm³/mol. The zero-order chi connectivity index (χ0) is 14.0. The largest absolute Gasteiger partial charge is 0.508 e. The van der Waals surface area contributed by atoms with Crippen molar-refractivity contribution in [1.82, 2.24) is 0 Å². The number of hydrogen-bond donors (Lipinski definition) is 2. The SMILES string of the molecule is Cc1c(O)cccc1NC(=O)c1ccc(Cl)cc1Br. The molecule has 3 nitrogen and oxygen atoms in total. The first-order valence-corrected chi connectivity index (χ1v) is 6.71. The molecule has 2 N–H and O–H groups in total. The van der Waals surface area contributed by atoms with Gasteiger partial charge >= 0.3 is 0 Å². The van der Waals surface area contributed by atoms with Gasteiger partial charge in [0.1, 0.15) is 5.75 Å². The van der Waals surface area contributed by atoms with Crippen LogP contribution in [0.25, 0.3) is 0 Å². The van der Waals surface area contributed by atoms with E-state index < -0.39 is 0 Å². The summed E-state index contributed by atoms with van der Waals surface area (Å²) in [7, 11) is 0. The minimum atomic E-state index is -0.266. The molecule has 0 saturated carbocycles. The summed E-state index contributed by atoms with van der Waals surface area (Å²) in [5, 5.41) is 12.9. The maximum atomic E-state index is 12.1. The summed E-state index contributed by atoms with van der Waals surface area (Å²) in [6.45, 7) is 1.74. The van der Waals surface area contributed by atoms with Crippen molar-refractivity contribution in [3.63, 3.8) is 0 Å². The van der Waals surface area contributed by atoms with Crippen molar-refractivity contribution in [1.29, 1.82) is 0 Å². The highest BCUT2D eigenvalue weighted by atomic mass is 79.9. The number of benzene rings is 2. The summed E-state index contributed by atoms with van der Waals surface area (Å²) >= 11 is 9.13. The Hall–Kier alpha value is -1.52. The molecule has 0 aliphatic rings. The molecule has 98 valence electrons. The van der Waals surface area contributed by atoms with Gasteiger partial charge in [-0.25, -0.2) is 0 Å². The van der Waals surface area contributed by atoms with Gasteiger partial charge < -0.3 is 10.4 Å². The van der Waals surface area contributed by atoms with Crippen LogP contribution < -0.4 is 5.32 Å². The second-order valence-electron chi connectivity index (χ2n) is 4.03. The Labute approximate surface area is 124 Å². The smallest absolute Gasteiger partial charge is 0.256 e. The van der Waals surface area contributed by atoms with Crippen LogP contribution in [0.5, 0.6) is 5.75 Å². The van der Waals surface area contributed by atoms with Crippen molar-refractivity contribution in [2.24, 2.45) is 0 Å². The van der Waals surface area contributed by atoms with E-state index in [1.165, 1.54) is 0 Å². The van der Waals surface area contributed by atoms with Crippen molar-refractivity contribution in [3.8, 4) is 5.75 Å². The number of carbonyl (C=O) groups is 1. The zero-order valence-electron chi connectivity index (χ0n) is 10.1. The van der Waals surface area contributed by atoms with Crippen molar-refractivity contribution >= 4 is 39.1 Å². The third-order valence-electron chi connectivity index (χ3n) is 2.73. The predicted octanol–water partition coefficient (Wildman–Crippen LogP) is 4.37. The van der Waals surface area contributed by atoms with Gasteiger partial charge in [0.05, 0.1) is 5.56 Å². The van der Waals surface area contributed by atoms with Crippen molar-refractivity contribution < 1.29 is 9.90 Å². The monoisotopic (exact) mass is 339 g/mol. The molecule has 0 unspecified atom stereocenters. The first-order valence-electron chi connectivity index (χ1n) is 5.54. The van der Waals surface area contributed by atoms with Crippen molar-refractivity contribution in [2.75, 3.05) is 5.32 Å². The number of halogens is 2. The molecule has 19 heavy (non-hydrogen) atoms. The Kier molecular flexibility index (Phi) is 4.12. The minimum absolute atomic E-state index is 0.146. The van der Waals surface area contributed by atoms with E-state index >= 15 is 0 Å². The molecule has 0 fully saturated rings. The van der Waals surface area contributed by atoms with Crippen LogP contribution in [-0.2, 0) is 0 Å². The number of aromatic hydroxyl groups is 1. The van der Waals surface area contributed by atoms with Crippen LogP contribution in [0.2, 0.25) is 5.02 Å². The summed E-state index contributed by atoms with van der Waals surface area (Å²) < 4.78 is 0.621. The third-order valence-corrected chi connectivity index (χ3v) is 3.62. The second kappa shape index (κ2) is 5.63. The Bertz CT molecular complexity index is 643. The number of anilines is 1. The van der Waals surface area contributed by atoms with Gasteiger partial charge in [-0.05, 0) is 53.2 Å². The number of amides is 1. The second-order valence-corrected chi connectivity index (χ2v) is 5.32. The van der Waals surface area contributed by atoms with E-state index in [0.717, 1.165) is 0 Å². The first kappa shape index (κ1) is 13.9. The molecule has 2 aromatic rings. The maximum absolute atomic E-state index is 12.1. The van der Waals surface area contributed by atoms with Crippen LogP contribution in [0.4, 0.5) is 5.69 Å². The van der Waals surface area contributed by atoms with Gasteiger partial charge in [0.2, 0.25) is 0 Å². The van der Waals surface area contributed by atoms with E-state index in [-0.39, 0.29) is 11.7 Å². The summed E-state index contributed by atoms with van der Waals surface area (Å²) in [6.07, 6.45) is 0. The Morgan fingerprint density at radius 1 is 1.32 bits per heavy atom. The van der Waals surface area contributed by atoms with Crippen molar-refractivity contribution in [2.45, 2.75) is 6.92 Å². The molecule has 0 bridgehead atoms. The van der Waals surface area contributed by atoms with E-state index in [9.17, 15) is 9.90 Å². The standard InChI is InChI=1S/C14H11BrClNO2/c1-8-12(3-2-4-13(8)18)17-14(19)10-6-5-9(16)7-11(10)15/h2-7,18H,1H3,(H,17,19). The average molecular weight is 341 g/mol. The highest BCUT2D eigenvalue weighted by molar-refractivity contribution is 9.10. The molecule has 0 atom stereocenters. The number of rotatable bonds is 2. The van der Waals surface area contributed by atoms with Gasteiger partial charge in [-0.2, -0.15) is 0 Å². The molecule has 0 heterocycles. The highest BCUT2D eigenvalue weighted by Crippen LogP contribution is 2.26. The fourth-order valence-electron chi connectivity index (χ4n) is 1.62. The molecule has 2 aromatic carbocycles. The lowest BCUT2D eigenvalue weighted by Gasteiger charge is -2.10. The molecule has 0 radical (unpaired) electrons. The topological polar surface area (TPSA) is 49.3 Å². The molecule has 5 heteroatoms. The Morgan fingerprint density at radius 2 is 2.05 bits per heavy atom. The number of nitrogens with one attached hydrogen (secondary N) is 1. The van der Waals surface area contributed by atoms with Gasteiger partial charge in [0.25, 0.3) is 5.91 Å². The Balaban J connectivity index is 2.28. The quantitative estimate of drug-likeness (QED) is 0.853. The minimum Gasteiger partial charge on any atom is -0.508 e. The van der Waals surface area contributed by atoms with Crippen LogP contribution in [0.15, 0.2) is 40.9 Å². The van der Waals surface area contributed by atoms with Gasteiger partial charge in [-0.3, -0.25) is 4.79 Å². The molecule has 0 saturated heterocycles. The maximum Gasteiger partial charge on any atom is 0.256 e. The number of phenolic OH excluding ortho intramolecular Hbond substituents is 1. The van der Waals surface area contributed by atoms with Gasteiger partial charge in [-0.1, -0.05) is 17.7 Å². The lowest BCUT2D eigenvalue weighted by atomic mass is 10.1. The van der Waals surface area contributed by atoms with E-state index in [4.69, 9.17) is 11.6 Å². The number of phenols is 1. The summed E-state index contributed by atoms with van der Waals surface area (Å²) in [5.74, 6) is -0.120. The Morgan fingerprint density at radius 3 is 2.74 bits per heavy atom. The van der Waals surface area contributed by atoms with Gasteiger partial charge in [0, 0.05) is 20.7 Å². The van der Waals surface area contributed by atoms with E-state index in [0.29, 0.717) is 26.3 Å². The fraction of sp³-hybridized carbons (Fsp3) is 0.0714. The molecule has 0 spiro atoms. The fourth-order valence-corrected chi connectivity index (χ4v) is 2.48. The van der Waals surface area contributed by atoms with E-state index in [1.807, 2.05) is 0 Å². The van der Waals surface area contributed by atoms with E-state index in [2.05, 4.69) is 21.2 Å². The average Bonchev–Trinajstić information content (AvgIpc) is 2.34. The lowest BCUT2D eigenvalue weighted by molar-refractivity contribution is 0.102. The van der Waals surface area contributed by atoms with Crippen LogP contribution in [0, 0.1) is 6.92 Å². The molecular formula is C14H11BrClNO2. The molecule has 0 aliphatic heterocycles. The van der Waals surface area contributed by atoms with Gasteiger partial charge in [-0.15, -0.1) is 0 Å². The molecule has 1 amide bonds. The number of carbonyl (C=O) groups excluding carboxylic acids is 1. The van der Waals surface area contributed by atoms with Crippen LogP contribution >= 0.6 is 27.5 Å². The van der Waals surface area contributed by atoms with Crippen LogP contribution in [0.1, 0.15) is 15.9 Å². The van der Waals surface area contributed by atoms with Crippen LogP contribution in [0.3, 0.4) is 0 Å². The molecule has 0 aromatic heterocycles. The lowest BCUT2D eigenvalue weighted by Crippen LogP contribution is -2.13. The normalized spacial score (nSPS) is 10.3. The summed E-state index contributed by atoms with van der Waals surface area (Å²) in [6, 6.07) is 9.93. The van der Waals surface area contributed by atoms with E-state index in [1.54, 1.807) is 43.3 Å². The molecule has 0 aliphatic carbocycles. The number of hydrogen-bond acceptors (Lipinski definition) is 2. The molecule has 2 rings (SSSR count). The molecular weight excluding hydrogens is 330 g/mol. The van der Waals surface area contributed by atoms with Crippen LogP contribution in [-0.4, -0.2) is 11.0 Å². The third kappa shape index (κ3) is 3.08.